The number of carbonyl (C=O) groups excluding carboxylic acids is 1. The van der Waals surface area contributed by atoms with Gasteiger partial charge >= 0.3 is 0 Å². The smallest absolute Gasteiger partial charge is 0.0451 e. The average molecular weight is 111 g/mol. The lowest BCUT2D eigenvalue weighted by Crippen LogP contribution is -2.25. The van der Waals surface area contributed by atoms with Gasteiger partial charge in [-0.15, -0.1) is 0 Å². The highest BCUT2D eigenvalue weighted by atomic mass is 16.4. The molecule has 2 nitrogen and oxygen atoms in total. The Morgan fingerprint density at radius 1 is 1.62 bits per heavy atom. The Labute approximate surface area is 47.5 Å². The molecule has 0 aliphatic heterocycles. The van der Waals surface area contributed by atoms with E-state index < -0.39 is 5.97 Å². The summed E-state index contributed by atoms with van der Waals surface area (Å²) in [6, 6.07) is 0. The van der Waals surface area contributed by atoms with E-state index in [0.717, 1.165) is 19.3 Å². The molecule has 2 rings (SSSR count). The van der Waals surface area contributed by atoms with Gasteiger partial charge in [0.2, 0.25) is 0 Å². The lowest BCUT2D eigenvalue weighted by molar-refractivity contribution is -0.308. The summed E-state index contributed by atoms with van der Waals surface area (Å²) in [4.78, 5) is 10.1. The molecule has 0 aromatic heterocycles. The van der Waals surface area contributed by atoms with E-state index >= 15 is 0 Å². The molecule has 0 bridgehead atoms. The molecule has 1 atom stereocenters. The highest BCUT2D eigenvalue weighted by molar-refractivity contribution is 5.73. The second-order valence-corrected chi connectivity index (χ2v) is 2.94. The van der Waals surface area contributed by atoms with Gasteiger partial charge in [-0.25, -0.2) is 0 Å². The molecule has 2 aliphatic rings. The van der Waals surface area contributed by atoms with Crippen LogP contribution in [0.4, 0.5) is 0 Å². The van der Waals surface area contributed by atoms with Crippen LogP contribution in [0.15, 0.2) is 0 Å². The third-order valence-corrected chi connectivity index (χ3v) is 2.37. The summed E-state index contributed by atoms with van der Waals surface area (Å²) < 4.78 is 0. The molecule has 0 radical (unpaired) electrons. The summed E-state index contributed by atoms with van der Waals surface area (Å²) in [6.07, 6.45) is 3.16. The van der Waals surface area contributed by atoms with Crippen LogP contribution in [0, 0.1) is 11.3 Å². The molecule has 2 heteroatoms. The SMILES string of the molecule is O=C([O-])[C@H]1CC12CC2. The van der Waals surface area contributed by atoms with Crippen LogP contribution in [0.1, 0.15) is 19.3 Å². The van der Waals surface area contributed by atoms with Crippen LogP contribution in [0.5, 0.6) is 0 Å². The van der Waals surface area contributed by atoms with Crippen LogP contribution in [-0.2, 0) is 4.79 Å². The maximum Gasteiger partial charge on any atom is 0.0451 e. The van der Waals surface area contributed by atoms with Gasteiger partial charge < -0.3 is 9.90 Å². The number of carboxylic acids is 1. The van der Waals surface area contributed by atoms with Gasteiger partial charge in [-0.3, -0.25) is 0 Å². The number of carbonyl (C=O) groups is 1. The largest absolute Gasteiger partial charge is 0.550 e. The van der Waals surface area contributed by atoms with Crippen molar-refractivity contribution in [3.05, 3.63) is 0 Å². The number of hydrogen-bond donors (Lipinski definition) is 0. The third kappa shape index (κ3) is 0.358. The van der Waals surface area contributed by atoms with Crippen molar-refractivity contribution < 1.29 is 9.90 Å². The number of aliphatic carboxylic acids is 1. The van der Waals surface area contributed by atoms with Gasteiger partial charge in [0.25, 0.3) is 0 Å². The van der Waals surface area contributed by atoms with Crippen molar-refractivity contribution in [3.63, 3.8) is 0 Å². The van der Waals surface area contributed by atoms with E-state index in [4.69, 9.17) is 0 Å². The van der Waals surface area contributed by atoms with Crippen LogP contribution in [-0.4, -0.2) is 5.97 Å². The first kappa shape index (κ1) is 4.36. The fourth-order valence-corrected chi connectivity index (χ4v) is 1.39. The Balaban J connectivity index is 2.06. The molecular weight excluding hydrogens is 104 g/mol. The molecule has 1 spiro atoms. The maximum absolute atomic E-state index is 10.1. The fourth-order valence-electron chi connectivity index (χ4n) is 1.39. The predicted molar refractivity (Wildman–Crippen MR) is 24.8 cm³/mol. The van der Waals surface area contributed by atoms with Crippen molar-refractivity contribution >= 4 is 5.97 Å². The van der Waals surface area contributed by atoms with Gasteiger partial charge in [-0.1, -0.05) is 0 Å². The van der Waals surface area contributed by atoms with E-state index in [1.54, 1.807) is 0 Å². The van der Waals surface area contributed by atoms with Crippen LogP contribution in [0.3, 0.4) is 0 Å². The summed E-state index contributed by atoms with van der Waals surface area (Å²) in [7, 11) is 0. The molecule has 8 heavy (non-hydrogen) atoms. The first-order chi connectivity index (χ1) is 3.75. The third-order valence-electron chi connectivity index (χ3n) is 2.37. The minimum absolute atomic E-state index is 0.0671. The highest BCUT2D eigenvalue weighted by Gasteiger charge is 2.63. The monoisotopic (exact) mass is 111 g/mol. The quantitative estimate of drug-likeness (QED) is 0.459. The molecule has 2 fully saturated rings. The van der Waals surface area contributed by atoms with Crippen molar-refractivity contribution in [2.24, 2.45) is 11.3 Å². The Bertz CT molecular complexity index is 147. The van der Waals surface area contributed by atoms with Crippen LogP contribution in [0.2, 0.25) is 0 Å². The molecule has 0 unspecified atom stereocenters. The van der Waals surface area contributed by atoms with Crippen LogP contribution in [0.25, 0.3) is 0 Å². The van der Waals surface area contributed by atoms with Gasteiger partial charge in [0.1, 0.15) is 0 Å². The lowest BCUT2D eigenvalue weighted by Gasteiger charge is -1.94. The van der Waals surface area contributed by atoms with Crippen molar-refractivity contribution in [2.45, 2.75) is 19.3 Å². The minimum Gasteiger partial charge on any atom is -0.550 e. The van der Waals surface area contributed by atoms with E-state index in [9.17, 15) is 9.90 Å². The standard InChI is InChI=1S/C6H8O2/c7-5(8)4-3-6(4)1-2-6/h4H,1-3H2,(H,7,8)/p-1/t4-/m1/s1. The Kier molecular flexibility index (Phi) is 0.504. The molecule has 0 N–H and O–H groups in total. The zero-order valence-electron chi connectivity index (χ0n) is 4.52. The summed E-state index contributed by atoms with van der Waals surface area (Å²) in [5.41, 5.74) is 0.277. The lowest BCUT2D eigenvalue weighted by atomic mass is 10.3. The van der Waals surface area contributed by atoms with Crippen molar-refractivity contribution in [2.75, 3.05) is 0 Å². The first-order valence-corrected chi connectivity index (χ1v) is 2.95. The summed E-state index contributed by atoms with van der Waals surface area (Å²) in [5.74, 6) is -0.898. The molecule has 0 heterocycles. The zero-order valence-corrected chi connectivity index (χ0v) is 4.52. The second kappa shape index (κ2) is 0.925. The van der Waals surface area contributed by atoms with Crippen molar-refractivity contribution in [1.29, 1.82) is 0 Å². The molecule has 2 saturated carbocycles. The summed E-state index contributed by atoms with van der Waals surface area (Å²) in [5, 5.41) is 10.1. The maximum atomic E-state index is 10.1. The molecule has 0 amide bonds. The second-order valence-electron chi connectivity index (χ2n) is 2.94. The van der Waals surface area contributed by atoms with E-state index in [0.29, 0.717) is 0 Å². The Morgan fingerprint density at radius 3 is 2.38 bits per heavy atom. The first-order valence-electron chi connectivity index (χ1n) is 2.95. The van der Waals surface area contributed by atoms with Gasteiger partial charge in [-0.05, 0) is 24.7 Å². The van der Waals surface area contributed by atoms with E-state index in [-0.39, 0.29) is 11.3 Å². The van der Waals surface area contributed by atoms with Crippen molar-refractivity contribution in [1.82, 2.24) is 0 Å². The zero-order chi connectivity index (χ0) is 5.78. The van der Waals surface area contributed by atoms with E-state index in [1.165, 1.54) is 0 Å². The molecule has 0 saturated heterocycles. The van der Waals surface area contributed by atoms with E-state index in [1.807, 2.05) is 0 Å². The van der Waals surface area contributed by atoms with Crippen LogP contribution < -0.4 is 5.11 Å². The molecule has 0 aromatic carbocycles. The van der Waals surface area contributed by atoms with Gasteiger partial charge in [0.15, 0.2) is 0 Å². The normalized spacial score (nSPS) is 37.2. The molecule has 44 valence electrons. The van der Waals surface area contributed by atoms with Gasteiger partial charge in [-0.2, -0.15) is 0 Å². The number of rotatable bonds is 1. The number of carboxylic acid groups (broad SMARTS) is 1. The predicted octanol–water partition coefficient (Wildman–Crippen LogP) is -0.464. The molecule has 2 aliphatic carbocycles. The number of hydrogen-bond acceptors (Lipinski definition) is 2. The Hall–Kier alpha value is -0.530. The topological polar surface area (TPSA) is 40.1 Å². The highest BCUT2D eigenvalue weighted by Crippen LogP contribution is 2.70. The van der Waals surface area contributed by atoms with Gasteiger partial charge in [0.05, 0.1) is 0 Å². The van der Waals surface area contributed by atoms with Crippen molar-refractivity contribution in [3.8, 4) is 0 Å². The van der Waals surface area contributed by atoms with Gasteiger partial charge in [0, 0.05) is 11.9 Å². The fraction of sp³-hybridized carbons (Fsp3) is 0.833. The Morgan fingerprint density at radius 2 is 2.25 bits per heavy atom. The summed E-state index contributed by atoms with van der Waals surface area (Å²) >= 11 is 0. The molecular formula is C6H7O2-. The average Bonchev–Trinajstić information content (AvgIpc) is 2.50. The summed E-state index contributed by atoms with van der Waals surface area (Å²) in [6.45, 7) is 0. The molecule has 0 aromatic rings. The minimum atomic E-state index is -0.831. The van der Waals surface area contributed by atoms with E-state index in [2.05, 4.69) is 0 Å². The van der Waals surface area contributed by atoms with Crippen LogP contribution >= 0.6 is 0 Å².